The van der Waals surface area contributed by atoms with Crippen molar-refractivity contribution in [1.29, 1.82) is 0 Å². The van der Waals surface area contributed by atoms with Gasteiger partial charge in [0.1, 0.15) is 5.76 Å². The highest BCUT2D eigenvalue weighted by Crippen LogP contribution is 2.24. The van der Waals surface area contributed by atoms with Gasteiger partial charge in [-0.1, -0.05) is 16.8 Å². The second-order valence-electron chi connectivity index (χ2n) is 4.54. The standard InChI is InChI=1S/C14H12ClN5O2/c1-9-6-13(19-22-9)18-14(21)17-10-2-3-12(11(15)7-10)20-5-4-16-8-20/h2-8H,1H3,(H2,17,18,19,21). The second kappa shape index (κ2) is 5.90. The number of amides is 2. The Hall–Kier alpha value is -2.80. The third kappa shape index (κ3) is 3.09. The zero-order valence-corrected chi connectivity index (χ0v) is 12.3. The molecule has 0 radical (unpaired) electrons. The van der Waals surface area contributed by atoms with E-state index in [1.807, 2.05) is 0 Å². The number of anilines is 2. The third-order valence-corrected chi connectivity index (χ3v) is 3.16. The fourth-order valence-corrected chi connectivity index (χ4v) is 2.18. The van der Waals surface area contributed by atoms with Crippen LogP contribution in [0.4, 0.5) is 16.3 Å². The minimum atomic E-state index is -0.431. The molecule has 3 rings (SSSR count). The van der Waals surface area contributed by atoms with Crippen LogP contribution in [0.25, 0.3) is 5.69 Å². The summed E-state index contributed by atoms with van der Waals surface area (Å²) in [6.45, 7) is 1.74. The molecule has 0 aliphatic heterocycles. The van der Waals surface area contributed by atoms with E-state index in [1.165, 1.54) is 0 Å². The van der Waals surface area contributed by atoms with E-state index in [9.17, 15) is 4.79 Å². The average Bonchev–Trinajstić information content (AvgIpc) is 3.11. The lowest BCUT2D eigenvalue weighted by atomic mass is 10.2. The molecule has 8 heteroatoms. The Morgan fingerprint density at radius 3 is 2.82 bits per heavy atom. The molecule has 2 aromatic heterocycles. The number of urea groups is 1. The Morgan fingerprint density at radius 2 is 2.18 bits per heavy atom. The molecule has 112 valence electrons. The summed E-state index contributed by atoms with van der Waals surface area (Å²) in [6, 6.07) is 6.38. The van der Waals surface area contributed by atoms with E-state index < -0.39 is 6.03 Å². The number of halogens is 1. The molecule has 0 aliphatic rings. The van der Waals surface area contributed by atoms with Crippen LogP contribution in [0.5, 0.6) is 0 Å². The quantitative estimate of drug-likeness (QED) is 0.774. The minimum absolute atomic E-state index is 0.344. The van der Waals surface area contributed by atoms with Crippen molar-refractivity contribution in [3.05, 3.63) is 53.8 Å². The van der Waals surface area contributed by atoms with Gasteiger partial charge in [0.15, 0.2) is 5.82 Å². The van der Waals surface area contributed by atoms with Crippen molar-refractivity contribution >= 4 is 29.1 Å². The van der Waals surface area contributed by atoms with Gasteiger partial charge in [-0.05, 0) is 25.1 Å². The van der Waals surface area contributed by atoms with Crippen LogP contribution in [0.3, 0.4) is 0 Å². The van der Waals surface area contributed by atoms with E-state index >= 15 is 0 Å². The largest absolute Gasteiger partial charge is 0.360 e. The SMILES string of the molecule is Cc1cc(NC(=O)Nc2ccc(-n3ccnc3)c(Cl)c2)no1. The van der Waals surface area contributed by atoms with Crippen LogP contribution in [0, 0.1) is 6.92 Å². The van der Waals surface area contributed by atoms with Gasteiger partial charge in [-0.25, -0.2) is 9.78 Å². The Balaban J connectivity index is 1.70. The molecular formula is C14H12ClN5O2. The Kier molecular flexibility index (Phi) is 3.80. The van der Waals surface area contributed by atoms with Crippen molar-refractivity contribution in [3.63, 3.8) is 0 Å². The summed E-state index contributed by atoms with van der Waals surface area (Å²) in [7, 11) is 0. The molecule has 0 spiro atoms. The van der Waals surface area contributed by atoms with Crippen molar-refractivity contribution in [2.45, 2.75) is 6.92 Å². The van der Waals surface area contributed by atoms with Gasteiger partial charge in [0.2, 0.25) is 0 Å². The predicted molar refractivity (Wildman–Crippen MR) is 82.5 cm³/mol. The fraction of sp³-hybridized carbons (Fsp3) is 0.0714. The lowest BCUT2D eigenvalue weighted by Gasteiger charge is -2.09. The van der Waals surface area contributed by atoms with E-state index in [2.05, 4.69) is 20.8 Å². The van der Waals surface area contributed by atoms with Crippen molar-refractivity contribution in [3.8, 4) is 5.69 Å². The van der Waals surface area contributed by atoms with Crippen LogP contribution >= 0.6 is 11.6 Å². The van der Waals surface area contributed by atoms with Crippen molar-refractivity contribution in [1.82, 2.24) is 14.7 Å². The maximum Gasteiger partial charge on any atom is 0.324 e. The van der Waals surface area contributed by atoms with E-state index in [1.54, 1.807) is 54.5 Å². The maximum atomic E-state index is 11.9. The number of benzene rings is 1. The Morgan fingerprint density at radius 1 is 1.32 bits per heavy atom. The van der Waals surface area contributed by atoms with Crippen LogP contribution in [0.15, 0.2) is 47.5 Å². The molecule has 2 amide bonds. The van der Waals surface area contributed by atoms with E-state index in [0.717, 1.165) is 5.69 Å². The molecule has 0 saturated carbocycles. The summed E-state index contributed by atoms with van der Waals surface area (Å²) < 4.78 is 6.65. The summed E-state index contributed by atoms with van der Waals surface area (Å²) in [5, 5.41) is 9.40. The van der Waals surface area contributed by atoms with Gasteiger partial charge in [0.25, 0.3) is 0 Å². The minimum Gasteiger partial charge on any atom is -0.360 e. The first-order chi connectivity index (χ1) is 10.6. The van der Waals surface area contributed by atoms with E-state index in [-0.39, 0.29) is 0 Å². The molecule has 22 heavy (non-hydrogen) atoms. The molecule has 0 unspecified atom stereocenters. The smallest absolute Gasteiger partial charge is 0.324 e. The van der Waals surface area contributed by atoms with Crippen LogP contribution in [-0.2, 0) is 0 Å². The van der Waals surface area contributed by atoms with Gasteiger partial charge < -0.3 is 14.4 Å². The van der Waals surface area contributed by atoms with Crippen molar-refractivity contribution in [2.75, 3.05) is 10.6 Å². The maximum absolute atomic E-state index is 11.9. The molecule has 0 atom stereocenters. The number of nitrogens with zero attached hydrogens (tertiary/aromatic N) is 3. The van der Waals surface area contributed by atoms with Crippen LogP contribution in [-0.4, -0.2) is 20.7 Å². The summed E-state index contributed by atoms with van der Waals surface area (Å²) in [5.41, 5.74) is 1.34. The number of rotatable bonds is 3. The molecule has 0 aliphatic carbocycles. The zero-order chi connectivity index (χ0) is 15.5. The highest BCUT2D eigenvalue weighted by Gasteiger charge is 2.08. The third-order valence-electron chi connectivity index (χ3n) is 2.86. The monoisotopic (exact) mass is 317 g/mol. The first kappa shape index (κ1) is 14.2. The number of aryl methyl sites for hydroxylation is 1. The number of nitrogens with one attached hydrogen (secondary N) is 2. The normalized spacial score (nSPS) is 10.5. The molecule has 2 heterocycles. The molecule has 1 aromatic carbocycles. The molecule has 3 aromatic rings. The molecule has 0 fully saturated rings. The van der Waals surface area contributed by atoms with E-state index in [0.29, 0.717) is 22.3 Å². The number of carbonyl (C=O) groups excluding carboxylic acids is 1. The molecule has 2 N–H and O–H groups in total. The lowest BCUT2D eigenvalue weighted by Crippen LogP contribution is -2.19. The van der Waals surface area contributed by atoms with Crippen molar-refractivity contribution in [2.24, 2.45) is 0 Å². The average molecular weight is 318 g/mol. The summed E-state index contributed by atoms with van der Waals surface area (Å²) >= 11 is 6.22. The molecule has 0 saturated heterocycles. The molecular weight excluding hydrogens is 306 g/mol. The van der Waals surface area contributed by atoms with Crippen LogP contribution in [0.1, 0.15) is 5.76 Å². The van der Waals surface area contributed by atoms with Crippen LogP contribution < -0.4 is 10.6 Å². The van der Waals surface area contributed by atoms with Crippen LogP contribution in [0.2, 0.25) is 5.02 Å². The first-order valence-electron chi connectivity index (χ1n) is 6.41. The fourth-order valence-electron chi connectivity index (χ4n) is 1.90. The number of hydrogen-bond acceptors (Lipinski definition) is 4. The highest BCUT2D eigenvalue weighted by atomic mass is 35.5. The van der Waals surface area contributed by atoms with Gasteiger partial charge in [-0.2, -0.15) is 0 Å². The number of hydrogen-bond donors (Lipinski definition) is 2. The number of carbonyl (C=O) groups is 1. The zero-order valence-electron chi connectivity index (χ0n) is 11.6. The summed E-state index contributed by atoms with van der Waals surface area (Å²) in [6.07, 6.45) is 5.09. The summed E-state index contributed by atoms with van der Waals surface area (Å²) in [4.78, 5) is 15.8. The van der Waals surface area contributed by atoms with Gasteiger partial charge in [-0.15, -0.1) is 0 Å². The first-order valence-corrected chi connectivity index (χ1v) is 6.79. The lowest BCUT2D eigenvalue weighted by molar-refractivity contribution is 0.262. The highest BCUT2D eigenvalue weighted by molar-refractivity contribution is 6.32. The Labute approximate surface area is 130 Å². The molecule has 0 bridgehead atoms. The topological polar surface area (TPSA) is 85.0 Å². The number of imidazole rings is 1. The molecule has 7 nitrogen and oxygen atoms in total. The second-order valence-corrected chi connectivity index (χ2v) is 4.95. The van der Waals surface area contributed by atoms with Gasteiger partial charge >= 0.3 is 6.03 Å². The van der Waals surface area contributed by atoms with Gasteiger partial charge in [0.05, 0.1) is 17.0 Å². The predicted octanol–water partition coefficient (Wildman–Crippen LogP) is 3.47. The Bertz CT molecular complexity index is 797. The van der Waals surface area contributed by atoms with E-state index in [4.69, 9.17) is 16.1 Å². The van der Waals surface area contributed by atoms with Crippen molar-refractivity contribution < 1.29 is 9.32 Å². The van der Waals surface area contributed by atoms with Gasteiger partial charge in [-0.3, -0.25) is 5.32 Å². The number of aromatic nitrogens is 3. The van der Waals surface area contributed by atoms with Gasteiger partial charge in [0, 0.05) is 24.1 Å². The summed E-state index contributed by atoms with van der Waals surface area (Å²) in [5.74, 6) is 0.958.